The first-order valence-corrected chi connectivity index (χ1v) is 9.28. The lowest BCUT2D eigenvalue weighted by Gasteiger charge is -2.04. The van der Waals surface area contributed by atoms with Crippen LogP contribution >= 0.6 is 11.3 Å². The number of hydrogen-bond acceptors (Lipinski definition) is 4. The van der Waals surface area contributed by atoms with Gasteiger partial charge in [-0.25, -0.2) is 4.98 Å². The van der Waals surface area contributed by atoms with Crippen LogP contribution < -0.4 is 5.32 Å². The van der Waals surface area contributed by atoms with Crippen LogP contribution in [-0.2, 0) is 0 Å². The molecule has 5 nitrogen and oxygen atoms in total. The maximum Gasteiger partial charge on any atom is 0.265 e. The Labute approximate surface area is 158 Å². The van der Waals surface area contributed by atoms with Crippen molar-refractivity contribution in [2.75, 3.05) is 5.32 Å². The number of aromatic nitrogens is 3. The Balaban J connectivity index is 1.37. The summed E-state index contributed by atoms with van der Waals surface area (Å²) >= 11 is 1.49. The molecule has 0 saturated carbocycles. The summed E-state index contributed by atoms with van der Waals surface area (Å²) < 4.78 is 1.11. The molecular formula is C21H14N4OS. The van der Waals surface area contributed by atoms with Gasteiger partial charge in [0.05, 0.1) is 22.1 Å². The van der Waals surface area contributed by atoms with Crippen LogP contribution in [0.15, 0.2) is 73.1 Å². The number of thiophene rings is 1. The molecule has 2 aromatic carbocycles. The van der Waals surface area contributed by atoms with Gasteiger partial charge in [-0.1, -0.05) is 18.2 Å². The maximum absolute atomic E-state index is 12.5. The van der Waals surface area contributed by atoms with E-state index in [1.165, 1.54) is 11.3 Å². The highest BCUT2D eigenvalue weighted by atomic mass is 32.1. The predicted octanol–water partition coefficient (Wildman–Crippen LogP) is 5.09. The van der Waals surface area contributed by atoms with Crippen LogP contribution in [0.3, 0.4) is 0 Å². The number of H-pyrrole nitrogens is 1. The SMILES string of the molecule is O=C(Nc1ccc(-c2nc3ccncc3[nH]2)cc1)c1cc2ccccc2s1. The number of pyridine rings is 1. The molecule has 1 amide bonds. The average Bonchev–Trinajstić information content (AvgIpc) is 3.32. The lowest BCUT2D eigenvalue weighted by atomic mass is 10.2. The zero-order valence-electron chi connectivity index (χ0n) is 14.1. The molecule has 0 aliphatic carbocycles. The summed E-state index contributed by atoms with van der Waals surface area (Å²) in [5.41, 5.74) is 3.47. The summed E-state index contributed by atoms with van der Waals surface area (Å²) in [7, 11) is 0. The van der Waals surface area contributed by atoms with Gasteiger partial charge in [0.25, 0.3) is 5.91 Å². The number of carbonyl (C=O) groups excluding carboxylic acids is 1. The van der Waals surface area contributed by atoms with Gasteiger partial charge in [0.1, 0.15) is 5.82 Å². The van der Waals surface area contributed by atoms with Crippen molar-refractivity contribution < 1.29 is 4.79 Å². The number of carbonyl (C=O) groups is 1. The summed E-state index contributed by atoms with van der Waals surface area (Å²) in [6.07, 6.45) is 3.48. The second kappa shape index (κ2) is 6.34. The van der Waals surface area contributed by atoms with Crippen LogP contribution in [0.5, 0.6) is 0 Å². The molecule has 0 fully saturated rings. The standard InChI is InChI=1S/C21H14N4OS/c26-21(19-11-14-3-1-2-4-18(14)27-19)23-15-7-5-13(6-8-15)20-24-16-9-10-22-12-17(16)25-20/h1-12H,(H,23,26)(H,24,25). The Hall–Kier alpha value is -3.51. The molecule has 3 heterocycles. The first-order valence-electron chi connectivity index (χ1n) is 8.46. The van der Waals surface area contributed by atoms with Crippen molar-refractivity contribution in [3.8, 4) is 11.4 Å². The summed E-state index contributed by atoms with van der Waals surface area (Å²) in [6, 6.07) is 19.4. The Bertz CT molecular complexity index is 1200. The Morgan fingerprint density at radius 2 is 1.89 bits per heavy atom. The number of hydrogen-bond donors (Lipinski definition) is 2. The number of anilines is 1. The molecule has 0 aliphatic heterocycles. The van der Waals surface area contributed by atoms with Crippen LogP contribution in [0.25, 0.3) is 32.5 Å². The van der Waals surface area contributed by atoms with E-state index in [1.807, 2.05) is 60.7 Å². The molecule has 0 aliphatic rings. The van der Waals surface area contributed by atoms with E-state index in [-0.39, 0.29) is 5.91 Å². The van der Waals surface area contributed by atoms with Crippen molar-refractivity contribution in [1.29, 1.82) is 0 Å². The molecule has 2 N–H and O–H groups in total. The summed E-state index contributed by atoms with van der Waals surface area (Å²) in [6.45, 7) is 0. The largest absolute Gasteiger partial charge is 0.337 e. The minimum absolute atomic E-state index is 0.0984. The molecule has 0 spiro atoms. The minimum Gasteiger partial charge on any atom is -0.337 e. The van der Waals surface area contributed by atoms with E-state index < -0.39 is 0 Å². The molecule has 0 unspecified atom stereocenters. The first kappa shape index (κ1) is 15.7. The van der Waals surface area contributed by atoms with Crippen molar-refractivity contribution in [2.24, 2.45) is 0 Å². The van der Waals surface area contributed by atoms with E-state index in [1.54, 1.807) is 12.4 Å². The molecule has 5 aromatic rings. The molecule has 0 radical (unpaired) electrons. The second-order valence-electron chi connectivity index (χ2n) is 6.16. The maximum atomic E-state index is 12.5. The highest BCUT2D eigenvalue weighted by molar-refractivity contribution is 7.20. The quantitative estimate of drug-likeness (QED) is 0.465. The van der Waals surface area contributed by atoms with Gasteiger partial charge < -0.3 is 10.3 Å². The van der Waals surface area contributed by atoms with Gasteiger partial charge in [-0.05, 0) is 47.9 Å². The number of fused-ring (bicyclic) bond motifs is 2. The topological polar surface area (TPSA) is 70.7 Å². The number of benzene rings is 2. The minimum atomic E-state index is -0.0984. The van der Waals surface area contributed by atoms with Crippen molar-refractivity contribution >= 4 is 44.1 Å². The Morgan fingerprint density at radius 3 is 2.70 bits per heavy atom. The summed E-state index contributed by atoms with van der Waals surface area (Å²) in [5, 5.41) is 4.04. The van der Waals surface area contributed by atoms with Gasteiger partial charge in [-0.15, -0.1) is 11.3 Å². The van der Waals surface area contributed by atoms with Crippen LogP contribution in [0.2, 0.25) is 0 Å². The van der Waals surface area contributed by atoms with Crippen molar-refractivity contribution in [1.82, 2.24) is 15.0 Å². The zero-order chi connectivity index (χ0) is 18.2. The molecule has 6 heteroatoms. The fourth-order valence-corrected chi connectivity index (χ4v) is 3.95. The van der Waals surface area contributed by atoms with Crippen molar-refractivity contribution in [2.45, 2.75) is 0 Å². The first-order chi connectivity index (χ1) is 13.3. The fraction of sp³-hybridized carbons (Fsp3) is 0. The van der Waals surface area contributed by atoms with E-state index in [0.717, 1.165) is 38.2 Å². The second-order valence-corrected chi connectivity index (χ2v) is 7.24. The van der Waals surface area contributed by atoms with Crippen molar-refractivity contribution in [3.63, 3.8) is 0 Å². The highest BCUT2D eigenvalue weighted by Gasteiger charge is 2.11. The van der Waals surface area contributed by atoms with Crippen LogP contribution in [-0.4, -0.2) is 20.9 Å². The van der Waals surface area contributed by atoms with E-state index >= 15 is 0 Å². The fourth-order valence-electron chi connectivity index (χ4n) is 2.99. The number of nitrogens with one attached hydrogen (secondary N) is 2. The summed E-state index contributed by atoms with van der Waals surface area (Å²) in [5.74, 6) is 0.680. The highest BCUT2D eigenvalue weighted by Crippen LogP contribution is 2.26. The van der Waals surface area contributed by atoms with Gasteiger partial charge in [-0.2, -0.15) is 0 Å². The van der Waals surface area contributed by atoms with Gasteiger partial charge in [0.2, 0.25) is 0 Å². The van der Waals surface area contributed by atoms with E-state index in [0.29, 0.717) is 4.88 Å². The molecule has 5 rings (SSSR count). The molecule has 130 valence electrons. The van der Waals surface area contributed by atoms with Gasteiger partial charge in [-0.3, -0.25) is 9.78 Å². The van der Waals surface area contributed by atoms with Gasteiger partial charge in [0, 0.05) is 22.1 Å². The van der Waals surface area contributed by atoms with E-state index in [4.69, 9.17) is 0 Å². The number of aromatic amines is 1. The lowest BCUT2D eigenvalue weighted by Crippen LogP contribution is -2.09. The third-order valence-electron chi connectivity index (χ3n) is 4.35. The smallest absolute Gasteiger partial charge is 0.265 e. The molecule has 0 bridgehead atoms. The molecule has 0 saturated heterocycles. The molecule has 27 heavy (non-hydrogen) atoms. The number of rotatable bonds is 3. The van der Waals surface area contributed by atoms with Gasteiger partial charge in [0.15, 0.2) is 0 Å². The lowest BCUT2D eigenvalue weighted by molar-refractivity contribution is 0.103. The van der Waals surface area contributed by atoms with Crippen LogP contribution in [0.1, 0.15) is 9.67 Å². The number of imidazole rings is 1. The third kappa shape index (κ3) is 2.96. The van der Waals surface area contributed by atoms with Crippen LogP contribution in [0.4, 0.5) is 5.69 Å². The summed E-state index contributed by atoms with van der Waals surface area (Å²) in [4.78, 5) is 25.1. The normalized spacial score (nSPS) is 11.1. The monoisotopic (exact) mass is 370 g/mol. The molecule has 3 aromatic heterocycles. The van der Waals surface area contributed by atoms with E-state index in [9.17, 15) is 4.79 Å². The zero-order valence-corrected chi connectivity index (χ0v) is 15.0. The number of amides is 1. The molecular weight excluding hydrogens is 356 g/mol. The number of nitrogens with zero attached hydrogens (tertiary/aromatic N) is 2. The van der Waals surface area contributed by atoms with Crippen LogP contribution in [0, 0.1) is 0 Å². The van der Waals surface area contributed by atoms with E-state index in [2.05, 4.69) is 20.3 Å². The Kier molecular flexibility index (Phi) is 3.69. The predicted molar refractivity (Wildman–Crippen MR) is 109 cm³/mol. The van der Waals surface area contributed by atoms with Crippen molar-refractivity contribution in [3.05, 3.63) is 77.9 Å². The average molecular weight is 370 g/mol. The molecule has 0 atom stereocenters. The third-order valence-corrected chi connectivity index (χ3v) is 5.46. The van der Waals surface area contributed by atoms with Gasteiger partial charge >= 0.3 is 0 Å². The Morgan fingerprint density at radius 1 is 1.04 bits per heavy atom.